The van der Waals surface area contributed by atoms with Crippen molar-refractivity contribution in [3.8, 4) is 11.3 Å². The van der Waals surface area contributed by atoms with Gasteiger partial charge in [-0.05, 0) is 12.1 Å². The van der Waals surface area contributed by atoms with Crippen molar-refractivity contribution in [2.24, 2.45) is 0 Å². The number of methoxy groups -OCH3 is 1. The molecule has 0 radical (unpaired) electrons. The maximum absolute atomic E-state index is 12.5. The van der Waals surface area contributed by atoms with E-state index in [1.807, 2.05) is 28.8 Å². The van der Waals surface area contributed by atoms with Crippen molar-refractivity contribution in [3.63, 3.8) is 0 Å². The van der Waals surface area contributed by atoms with Crippen LogP contribution in [-0.2, 0) is 16.1 Å². The van der Waals surface area contributed by atoms with E-state index in [0.717, 1.165) is 16.2 Å². The number of para-hydroxylation sites is 2. The molecular formula is C21H19N5O4S2. The van der Waals surface area contributed by atoms with E-state index in [0.29, 0.717) is 29.5 Å². The summed E-state index contributed by atoms with van der Waals surface area (Å²) in [4.78, 5) is 32.0. The molecule has 9 nitrogen and oxygen atoms in total. The van der Waals surface area contributed by atoms with Crippen molar-refractivity contribution in [1.29, 1.82) is 0 Å². The molecule has 32 heavy (non-hydrogen) atoms. The van der Waals surface area contributed by atoms with Crippen molar-refractivity contribution in [3.05, 3.63) is 64.0 Å². The van der Waals surface area contributed by atoms with Crippen LogP contribution in [-0.4, -0.2) is 44.8 Å². The first-order valence-corrected chi connectivity index (χ1v) is 11.5. The fraction of sp³-hybridized carbons (Fsp3) is 0.190. The van der Waals surface area contributed by atoms with E-state index in [-0.39, 0.29) is 17.3 Å². The van der Waals surface area contributed by atoms with Gasteiger partial charge < -0.3 is 14.6 Å². The van der Waals surface area contributed by atoms with Crippen LogP contribution in [0.2, 0.25) is 0 Å². The topological polar surface area (TPSA) is 112 Å². The molecule has 0 saturated heterocycles. The minimum absolute atomic E-state index is 0.00570. The van der Waals surface area contributed by atoms with Gasteiger partial charge in [-0.25, -0.2) is 9.97 Å². The van der Waals surface area contributed by atoms with Crippen LogP contribution in [0.4, 0.5) is 10.8 Å². The first kappa shape index (κ1) is 21.9. The summed E-state index contributed by atoms with van der Waals surface area (Å²) < 4.78 is 7.24. The quantitative estimate of drug-likeness (QED) is 0.219. The number of nitro benzene ring substituents is 1. The number of carbonyl (C=O) groups excluding carboxylic acids is 1. The van der Waals surface area contributed by atoms with Crippen LogP contribution in [0.5, 0.6) is 0 Å². The smallest absolute Gasteiger partial charge is 0.270 e. The highest BCUT2D eigenvalue weighted by Crippen LogP contribution is 2.28. The molecule has 164 valence electrons. The number of aromatic nitrogens is 3. The number of thioether (sulfide) groups is 1. The standard InChI is InChI=1S/C21H19N5O4S2/c1-30-10-9-25-18-8-3-2-7-16(18)23-21(25)32-13-19(27)24-20-22-17(12-31-20)14-5-4-6-15(11-14)26(28)29/h2-8,11-12H,9-10,13H2,1H3,(H,22,24,27). The van der Waals surface area contributed by atoms with Crippen LogP contribution in [0.25, 0.3) is 22.3 Å². The van der Waals surface area contributed by atoms with Gasteiger partial charge in [-0.15, -0.1) is 11.3 Å². The molecule has 0 spiro atoms. The number of fused-ring (bicyclic) bond motifs is 1. The first-order chi connectivity index (χ1) is 15.5. The Balaban J connectivity index is 1.42. The maximum atomic E-state index is 12.5. The van der Waals surface area contributed by atoms with E-state index in [1.165, 1.54) is 35.2 Å². The molecule has 0 aliphatic heterocycles. The maximum Gasteiger partial charge on any atom is 0.270 e. The SMILES string of the molecule is COCCn1c(SCC(=O)Nc2nc(-c3cccc([N+](=O)[O-])c3)cs2)nc2ccccc21. The molecule has 1 amide bonds. The molecule has 0 aliphatic carbocycles. The Labute approximate surface area is 191 Å². The van der Waals surface area contributed by atoms with Crippen molar-refractivity contribution >= 4 is 50.9 Å². The number of imidazole rings is 1. The van der Waals surface area contributed by atoms with Crippen LogP contribution < -0.4 is 5.32 Å². The third-order valence-corrected chi connectivity index (χ3v) is 6.31. The second kappa shape index (κ2) is 9.90. The van der Waals surface area contributed by atoms with Gasteiger partial charge in [0.25, 0.3) is 5.69 Å². The molecule has 2 aromatic carbocycles. The number of amides is 1. The predicted molar refractivity (Wildman–Crippen MR) is 125 cm³/mol. The lowest BCUT2D eigenvalue weighted by atomic mass is 10.1. The second-order valence-corrected chi connectivity index (χ2v) is 8.51. The van der Waals surface area contributed by atoms with E-state index >= 15 is 0 Å². The Morgan fingerprint density at radius 3 is 2.91 bits per heavy atom. The van der Waals surface area contributed by atoms with Gasteiger partial charge in [0.05, 0.1) is 34.0 Å². The van der Waals surface area contributed by atoms with Gasteiger partial charge in [-0.3, -0.25) is 14.9 Å². The average molecular weight is 470 g/mol. The highest BCUT2D eigenvalue weighted by molar-refractivity contribution is 7.99. The number of anilines is 1. The first-order valence-electron chi connectivity index (χ1n) is 9.62. The van der Waals surface area contributed by atoms with Crippen molar-refractivity contribution < 1.29 is 14.5 Å². The summed E-state index contributed by atoms with van der Waals surface area (Å²) in [7, 11) is 1.65. The van der Waals surface area contributed by atoms with Gasteiger partial charge in [0.15, 0.2) is 10.3 Å². The fourth-order valence-corrected chi connectivity index (χ4v) is 4.67. The van der Waals surface area contributed by atoms with Gasteiger partial charge in [-0.1, -0.05) is 36.0 Å². The number of benzene rings is 2. The molecule has 4 aromatic rings. The summed E-state index contributed by atoms with van der Waals surface area (Å²) >= 11 is 2.61. The highest BCUT2D eigenvalue weighted by atomic mass is 32.2. The van der Waals surface area contributed by atoms with E-state index in [4.69, 9.17) is 4.74 Å². The number of hydrogen-bond donors (Lipinski definition) is 1. The summed E-state index contributed by atoms with van der Waals surface area (Å²) in [5.41, 5.74) is 3.05. The lowest BCUT2D eigenvalue weighted by molar-refractivity contribution is -0.384. The van der Waals surface area contributed by atoms with E-state index in [9.17, 15) is 14.9 Å². The zero-order valence-corrected chi connectivity index (χ0v) is 18.7. The molecule has 0 atom stereocenters. The summed E-state index contributed by atoms with van der Waals surface area (Å²) in [5.74, 6) is -0.0394. The average Bonchev–Trinajstić information content (AvgIpc) is 3.40. The molecule has 2 aromatic heterocycles. The highest BCUT2D eigenvalue weighted by Gasteiger charge is 2.15. The number of nitrogens with one attached hydrogen (secondary N) is 1. The summed E-state index contributed by atoms with van der Waals surface area (Å²) in [6.45, 7) is 1.18. The molecular weight excluding hydrogens is 450 g/mol. The van der Waals surface area contributed by atoms with Crippen LogP contribution in [0, 0.1) is 10.1 Å². The van der Waals surface area contributed by atoms with Crippen molar-refractivity contribution in [2.75, 3.05) is 24.8 Å². The van der Waals surface area contributed by atoms with E-state index < -0.39 is 4.92 Å². The Hall–Kier alpha value is -3.28. The Morgan fingerprint density at radius 2 is 2.09 bits per heavy atom. The van der Waals surface area contributed by atoms with Gasteiger partial charge >= 0.3 is 0 Å². The van der Waals surface area contributed by atoms with Crippen LogP contribution in [0.15, 0.2) is 59.1 Å². The fourth-order valence-electron chi connectivity index (χ4n) is 3.09. The summed E-state index contributed by atoms with van der Waals surface area (Å²) in [6.07, 6.45) is 0. The minimum Gasteiger partial charge on any atom is -0.383 e. The number of carbonyl (C=O) groups is 1. The van der Waals surface area contributed by atoms with Crippen LogP contribution in [0.1, 0.15) is 0 Å². The predicted octanol–water partition coefficient (Wildman–Crippen LogP) is 4.45. The van der Waals surface area contributed by atoms with Crippen molar-refractivity contribution in [2.45, 2.75) is 11.7 Å². The monoisotopic (exact) mass is 469 g/mol. The zero-order chi connectivity index (χ0) is 22.5. The molecule has 0 bridgehead atoms. The van der Waals surface area contributed by atoms with E-state index in [2.05, 4.69) is 15.3 Å². The number of ether oxygens (including phenoxy) is 1. The summed E-state index contributed by atoms with van der Waals surface area (Å²) in [6, 6.07) is 14.1. The normalized spacial score (nSPS) is 11.0. The number of thiazole rings is 1. The van der Waals surface area contributed by atoms with Gasteiger partial charge in [-0.2, -0.15) is 0 Å². The zero-order valence-electron chi connectivity index (χ0n) is 17.1. The van der Waals surface area contributed by atoms with Gasteiger partial charge in [0.1, 0.15) is 0 Å². The van der Waals surface area contributed by atoms with Crippen LogP contribution >= 0.6 is 23.1 Å². The molecule has 2 heterocycles. The molecule has 4 rings (SSSR count). The number of nitrogens with zero attached hydrogens (tertiary/aromatic N) is 4. The van der Waals surface area contributed by atoms with Gasteiger partial charge in [0.2, 0.25) is 5.91 Å². The Bertz CT molecular complexity index is 1270. The third-order valence-electron chi connectivity index (χ3n) is 4.57. The molecule has 0 fully saturated rings. The molecule has 0 unspecified atom stereocenters. The molecule has 0 aliphatic rings. The molecule has 1 N–H and O–H groups in total. The van der Waals surface area contributed by atoms with Crippen LogP contribution in [0.3, 0.4) is 0 Å². The largest absolute Gasteiger partial charge is 0.383 e. The Morgan fingerprint density at radius 1 is 1.25 bits per heavy atom. The Kier molecular flexibility index (Phi) is 6.78. The number of hydrogen-bond acceptors (Lipinski definition) is 8. The van der Waals surface area contributed by atoms with E-state index in [1.54, 1.807) is 24.6 Å². The number of rotatable bonds is 9. The molecule has 11 heteroatoms. The number of nitro groups is 1. The summed E-state index contributed by atoms with van der Waals surface area (Å²) in [5, 5.41) is 16.7. The van der Waals surface area contributed by atoms with Gasteiger partial charge in [0, 0.05) is 36.7 Å². The lowest BCUT2D eigenvalue weighted by Crippen LogP contribution is -2.14. The molecule has 0 saturated carbocycles. The number of non-ortho nitro benzene ring substituents is 1. The second-order valence-electron chi connectivity index (χ2n) is 6.71. The van der Waals surface area contributed by atoms with Crippen molar-refractivity contribution in [1.82, 2.24) is 14.5 Å². The third kappa shape index (κ3) is 4.96. The minimum atomic E-state index is -0.449. The lowest BCUT2D eigenvalue weighted by Gasteiger charge is -2.08.